The number of hydrogen-bond donors (Lipinski definition) is 2. The Balaban J connectivity index is 1.86. The number of ether oxygens (including phenoxy) is 1. The molecule has 110 valence electrons. The van der Waals surface area contributed by atoms with E-state index in [4.69, 9.17) is 15.3 Å². The smallest absolute Gasteiger partial charge is 0.265 e. The van der Waals surface area contributed by atoms with Gasteiger partial charge in [-0.25, -0.2) is 0 Å². The van der Waals surface area contributed by atoms with E-state index in [2.05, 4.69) is 10.5 Å². The molecule has 0 fully saturated rings. The molecule has 3 N–H and O–H groups in total. The van der Waals surface area contributed by atoms with Crippen molar-refractivity contribution >= 4 is 28.8 Å². The van der Waals surface area contributed by atoms with Gasteiger partial charge in [0.25, 0.3) is 5.91 Å². The third-order valence-corrected chi connectivity index (χ3v) is 3.24. The predicted octanol–water partition coefficient (Wildman–Crippen LogP) is 2.03. The summed E-state index contributed by atoms with van der Waals surface area (Å²) in [6.45, 7) is -0.233. The van der Waals surface area contributed by atoms with Crippen molar-refractivity contribution in [3.63, 3.8) is 0 Å². The van der Waals surface area contributed by atoms with Gasteiger partial charge in [0.2, 0.25) is 0 Å². The number of anilines is 1. The summed E-state index contributed by atoms with van der Waals surface area (Å²) >= 11 is 1.50. The van der Waals surface area contributed by atoms with Crippen molar-refractivity contribution in [1.82, 2.24) is 0 Å². The maximum Gasteiger partial charge on any atom is 0.265 e. The molecule has 0 unspecified atom stereocenters. The van der Waals surface area contributed by atoms with Gasteiger partial charge in [0, 0.05) is 10.9 Å². The number of carbonyl (C=O) groups is 1. The van der Waals surface area contributed by atoms with Crippen LogP contribution in [0.5, 0.6) is 5.75 Å². The molecule has 0 spiro atoms. The summed E-state index contributed by atoms with van der Waals surface area (Å²) < 4.78 is 5.14. The minimum absolute atomic E-state index is 0.233. The zero-order chi connectivity index (χ0) is 15.1. The molecular weight excluding hydrogens is 290 g/mol. The maximum atomic E-state index is 11.7. The van der Waals surface area contributed by atoms with Gasteiger partial charge in [-0.1, -0.05) is 17.3 Å². The van der Waals surface area contributed by atoms with Crippen molar-refractivity contribution in [2.45, 2.75) is 0 Å². The van der Waals surface area contributed by atoms with Gasteiger partial charge >= 0.3 is 0 Å². The fraction of sp³-hybridized carbons (Fsp3) is 0.143. The van der Waals surface area contributed by atoms with Gasteiger partial charge in [0.1, 0.15) is 5.75 Å². The SMILES string of the molecule is COc1ccccc1NC(=O)CO/N=C(\N)c1ccsc1. The number of benzene rings is 1. The van der Waals surface area contributed by atoms with Gasteiger partial charge in [-0.2, -0.15) is 11.3 Å². The minimum Gasteiger partial charge on any atom is -0.495 e. The standard InChI is InChI=1S/C14H15N3O3S/c1-19-12-5-3-2-4-11(12)16-13(18)8-20-17-14(15)10-6-7-21-9-10/h2-7,9H,8H2,1H3,(H2,15,17)(H,16,18). The number of thiophene rings is 1. The summed E-state index contributed by atoms with van der Waals surface area (Å²) in [6.07, 6.45) is 0. The Morgan fingerprint density at radius 1 is 1.38 bits per heavy atom. The highest BCUT2D eigenvalue weighted by atomic mass is 32.1. The van der Waals surface area contributed by atoms with Crippen LogP contribution in [0.2, 0.25) is 0 Å². The van der Waals surface area contributed by atoms with Crippen LogP contribution in [-0.2, 0) is 9.63 Å². The monoisotopic (exact) mass is 305 g/mol. The first-order chi connectivity index (χ1) is 10.2. The number of methoxy groups -OCH3 is 1. The third-order valence-electron chi connectivity index (χ3n) is 2.56. The summed E-state index contributed by atoms with van der Waals surface area (Å²) in [4.78, 5) is 16.7. The molecule has 0 aliphatic heterocycles. The first kappa shape index (κ1) is 14.9. The largest absolute Gasteiger partial charge is 0.495 e. The van der Waals surface area contributed by atoms with Gasteiger partial charge in [0.05, 0.1) is 12.8 Å². The molecule has 0 radical (unpaired) electrons. The summed E-state index contributed by atoms with van der Waals surface area (Å²) in [7, 11) is 1.54. The van der Waals surface area contributed by atoms with E-state index in [0.717, 1.165) is 5.56 Å². The van der Waals surface area contributed by atoms with Gasteiger partial charge in [0.15, 0.2) is 12.4 Å². The van der Waals surface area contributed by atoms with Gasteiger partial charge in [-0.15, -0.1) is 0 Å². The molecule has 0 aliphatic carbocycles. The van der Waals surface area contributed by atoms with E-state index >= 15 is 0 Å². The fourth-order valence-electron chi connectivity index (χ4n) is 1.56. The molecule has 0 atom stereocenters. The molecule has 1 aromatic carbocycles. The third kappa shape index (κ3) is 4.22. The average Bonchev–Trinajstić information content (AvgIpc) is 3.02. The lowest BCUT2D eigenvalue weighted by Crippen LogP contribution is -2.19. The van der Waals surface area contributed by atoms with E-state index < -0.39 is 0 Å². The van der Waals surface area contributed by atoms with E-state index in [1.54, 1.807) is 18.2 Å². The molecular formula is C14H15N3O3S. The van der Waals surface area contributed by atoms with Crippen molar-refractivity contribution < 1.29 is 14.4 Å². The second-order valence-electron chi connectivity index (χ2n) is 4.01. The first-order valence-corrected chi connectivity index (χ1v) is 7.06. The lowest BCUT2D eigenvalue weighted by atomic mass is 10.3. The molecule has 1 heterocycles. The Morgan fingerprint density at radius 3 is 2.90 bits per heavy atom. The molecule has 2 aromatic rings. The summed E-state index contributed by atoms with van der Waals surface area (Å²) in [5.74, 6) is 0.467. The fourth-order valence-corrected chi connectivity index (χ4v) is 2.21. The molecule has 0 bridgehead atoms. The van der Waals surface area contributed by atoms with E-state index in [0.29, 0.717) is 11.4 Å². The molecule has 0 saturated heterocycles. The van der Waals surface area contributed by atoms with Crippen LogP contribution in [0.4, 0.5) is 5.69 Å². The second-order valence-corrected chi connectivity index (χ2v) is 4.79. The molecule has 0 aliphatic rings. The highest BCUT2D eigenvalue weighted by Crippen LogP contribution is 2.22. The van der Waals surface area contributed by atoms with Crippen molar-refractivity contribution in [1.29, 1.82) is 0 Å². The van der Waals surface area contributed by atoms with Gasteiger partial charge in [-0.3, -0.25) is 4.79 Å². The van der Waals surface area contributed by atoms with Crippen molar-refractivity contribution in [3.8, 4) is 5.75 Å². The van der Waals surface area contributed by atoms with Gasteiger partial charge < -0.3 is 20.6 Å². The highest BCUT2D eigenvalue weighted by molar-refractivity contribution is 7.08. The second kappa shape index (κ2) is 7.30. The van der Waals surface area contributed by atoms with Crippen LogP contribution in [0.15, 0.2) is 46.2 Å². The Morgan fingerprint density at radius 2 is 2.19 bits per heavy atom. The normalized spacial score (nSPS) is 11.0. The quantitative estimate of drug-likeness (QED) is 0.486. The molecule has 7 heteroatoms. The average molecular weight is 305 g/mol. The lowest BCUT2D eigenvalue weighted by Gasteiger charge is -2.09. The number of nitrogens with one attached hydrogen (secondary N) is 1. The number of amides is 1. The predicted molar refractivity (Wildman–Crippen MR) is 82.6 cm³/mol. The summed E-state index contributed by atoms with van der Waals surface area (Å²) in [6, 6.07) is 8.92. The van der Waals surface area contributed by atoms with Crippen LogP contribution < -0.4 is 15.8 Å². The minimum atomic E-state index is -0.346. The zero-order valence-electron chi connectivity index (χ0n) is 11.4. The number of nitrogens with two attached hydrogens (primary N) is 1. The number of rotatable bonds is 6. The summed E-state index contributed by atoms with van der Waals surface area (Å²) in [5.41, 5.74) is 7.05. The Labute approximate surface area is 126 Å². The number of hydrogen-bond acceptors (Lipinski definition) is 5. The van der Waals surface area contributed by atoms with Crippen molar-refractivity contribution in [2.75, 3.05) is 19.0 Å². The molecule has 2 rings (SSSR count). The number of para-hydroxylation sites is 2. The van der Waals surface area contributed by atoms with E-state index in [1.807, 2.05) is 22.9 Å². The van der Waals surface area contributed by atoms with Crippen LogP contribution in [0.1, 0.15) is 5.56 Å². The summed E-state index contributed by atoms with van der Waals surface area (Å²) in [5, 5.41) is 10.1. The number of amidine groups is 1. The van der Waals surface area contributed by atoms with Crippen molar-refractivity contribution in [3.05, 3.63) is 46.7 Å². The lowest BCUT2D eigenvalue weighted by molar-refractivity contribution is -0.120. The first-order valence-electron chi connectivity index (χ1n) is 6.11. The van der Waals surface area contributed by atoms with E-state index in [9.17, 15) is 4.79 Å². The van der Waals surface area contributed by atoms with Crippen LogP contribution in [0, 0.1) is 0 Å². The molecule has 0 saturated carbocycles. The van der Waals surface area contributed by atoms with E-state index in [-0.39, 0.29) is 18.3 Å². The van der Waals surface area contributed by atoms with Crippen LogP contribution in [-0.4, -0.2) is 25.5 Å². The van der Waals surface area contributed by atoms with Crippen molar-refractivity contribution in [2.24, 2.45) is 10.9 Å². The molecule has 1 amide bonds. The zero-order valence-corrected chi connectivity index (χ0v) is 12.2. The molecule has 1 aromatic heterocycles. The van der Waals surface area contributed by atoms with E-state index in [1.165, 1.54) is 18.4 Å². The maximum absolute atomic E-state index is 11.7. The number of oxime groups is 1. The van der Waals surface area contributed by atoms with Crippen LogP contribution >= 0.6 is 11.3 Å². The number of carbonyl (C=O) groups excluding carboxylic acids is 1. The van der Waals surface area contributed by atoms with Crippen LogP contribution in [0.25, 0.3) is 0 Å². The van der Waals surface area contributed by atoms with Gasteiger partial charge in [-0.05, 0) is 23.6 Å². The number of nitrogens with zero attached hydrogens (tertiary/aromatic N) is 1. The molecule has 6 nitrogen and oxygen atoms in total. The van der Waals surface area contributed by atoms with Crippen LogP contribution in [0.3, 0.4) is 0 Å². The Kier molecular flexibility index (Phi) is 5.16. The molecule has 21 heavy (non-hydrogen) atoms. The Hall–Kier alpha value is -2.54. The topological polar surface area (TPSA) is 85.9 Å². The highest BCUT2D eigenvalue weighted by Gasteiger charge is 2.07. The Bertz CT molecular complexity index is 626.